The Labute approximate surface area is 201 Å². The third-order valence-corrected chi connectivity index (χ3v) is 6.04. The van der Waals surface area contributed by atoms with Crippen LogP contribution in [0.4, 0.5) is 0 Å². The van der Waals surface area contributed by atoms with Crippen molar-refractivity contribution in [3.05, 3.63) is 88.9 Å². The molecule has 0 fully saturated rings. The zero-order valence-electron chi connectivity index (χ0n) is 17.9. The number of hydrogen-bond acceptors (Lipinski definition) is 7. The summed E-state index contributed by atoms with van der Waals surface area (Å²) in [6.07, 6.45) is 1.36. The van der Waals surface area contributed by atoms with Gasteiger partial charge in [0.25, 0.3) is 5.91 Å². The van der Waals surface area contributed by atoms with E-state index in [9.17, 15) is 18.0 Å². The molecule has 3 rings (SSSR count). The number of amides is 1. The fourth-order valence-corrected chi connectivity index (χ4v) is 3.70. The maximum absolute atomic E-state index is 12.2. The molecule has 3 aromatic carbocycles. The number of methoxy groups -OCH3 is 1. The van der Waals surface area contributed by atoms with Gasteiger partial charge in [0.1, 0.15) is 11.5 Å². The zero-order chi connectivity index (χ0) is 24.6. The molecule has 9 nitrogen and oxygen atoms in total. The number of halogens is 1. The van der Waals surface area contributed by atoms with Gasteiger partial charge < -0.3 is 9.47 Å². The van der Waals surface area contributed by atoms with Gasteiger partial charge in [0.2, 0.25) is 10.0 Å². The number of benzene rings is 3. The summed E-state index contributed by atoms with van der Waals surface area (Å²) < 4.78 is 36.9. The van der Waals surface area contributed by atoms with Crippen molar-refractivity contribution in [1.82, 2.24) is 10.1 Å². The fourth-order valence-electron chi connectivity index (χ4n) is 2.59. The Hall–Kier alpha value is -3.73. The van der Waals surface area contributed by atoms with E-state index in [0.29, 0.717) is 27.6 Å². The smallest absolute Gasteiger partial charge is 0.343 e. The molecule has 0 atom stereocenters. The monoisotopic (exact) mass is 501 g/mol. The molecular formula is C23H20ClN3O6S. The highest BCUT2D eigenvalue weighted by Gasteiger charge is 2.15. The van der Waals surface area contributed by atoms with Gasteiger partial charge in [-0.2, -0.15) is 5.10 Å². The average Bonchev–Trinajstić information content (AvgIpc) is 2.84. The van der Waals surface area contributed by atoms with Gasteiger partial charge in [-0.25, -0.2) is 23.4 Å². The van der Waals surface area contributed by atoms with Crippen LogP contribution in [-0.4, -0.2) is 40.2 Å². The van der Waals surface area contributed by atoms with Crippen LogP contribution in [0.2, 0.25) is 5.02 Å². The number of hydrazone groups is 1. The minimum Gasteiger partial charge on any atom is -0.497 e. The van der Waals surface area contributed by atoms with E-state index >= 15 is 0 Å². The Morgan fingerprint density at radius 1 is 0.941 bits per heavy atom. The Balaban J connectivity index is 1.47. The van der Waals surface area contributed by atoms with E-state index in [-0.39, 0.29) is 4.90 Å². The summed E-state index contributed by atoms with van der Waals surface area (Å²) >= 11 is 5.74. The topological polar surface area (TPSA) is 123 Å². The predicted octanol–water partition coefficient (Wildman–Crippen LogP) is 3.00. The van der Waals surface area contributed by atoms with Gasteiger partial charge in [-0.3, -0.25) is 4.79 Å². The average molecular weight is 502 g/mol. The highest BCUT2D eigenvalue weighted by molar-refractivity contribution is 7.89. The van der Waals surface area contributed by atoms with Gasteiger partial charge >= 0.3 is 5.97 Å². The van der Waals surface area contributed by atoms with Gasteiger partial charge in [-0.05, 0) is 78.4 Å². The van der Waals surface area contributed by atoms with Crippen LogP contribution < -0.4 is 19.6 Å². The molecule has 176 valence electrons. The van der Waals surface area contributed by atoms with Crippen molar-refractivity contribution in [1.29, 1.82) is 0 Å². The third kappa shape index (κ3) is 7.14. The summed E-state index contributed by atoms with van der Waals surface area (Å²) in [6.45, 7) is -0.497. The maximum atomic E-state index is 12.2. The summed E-state index contributed by atoms with van der Waals surface area (Å²) in [5, 5.41) is 4.18. The molecule has 0 saturated carbocycles. The van der Waals surface area contributed by atoms with E-state index in [1.54, 1.807) is 48.5 Å². The Kier molecular flexibility index (Phi) is 8.36. The van der Waals surface area contributed by atoms with Crippen molar-refractivity contribution in [2.24, 2.45) is 5.10 Å². The molecule has 0 unspecified atom stereocenters. The van der Waals surface area contributed by atoms with E-state index < -0.39 is 28.4 Å². The van der Waals surface area contributed by atoms with Crippen molar-refractivity contribution >= 4 is 39.7 Å². The fraction of sp³-hybridized carbons (Fsp3) is 0.0870. The number of hydrogen-bond donors (Lipinski definition) is 2. The first-order chi connectivity index (χ1) is 16.3. The first-order valence-electron chi connectivity index (χ1n) is 9.80. The second kappa shape index (κ2) is 11.4. The minimum atomic E-state index is -3.86. The van der Waals surface area contributed by atoms with E-state index in [4.69, 9.17) is 21.1 Å². The van der Waals surface area contributed by atoms with Crippen molar-refractivity contribution in [2.45, 2.75) is 4.90 Å². The van der Waals surface area contributed by atoms with E-state index in [1.165, 1.54) is 37.6 Å². The van der Waals surface area contributed by atoms with Crippen LogP contribution in [0.15, 0.2) is 82.8 Å². The lowest BCUT2D eigenvalue weighted by atomic mass is 10.2. The second-order valence-corrected chi connectivity index (χ2v) is 8.96. The summed E-state index contributed by atoms with van der Waals surface area (Å²) in [4.78, 5) is 24.1. The van der Waals surface area contributed by atoms with Crippen LogP contribution in [0, 0.1) is 0 Å². The van der Waals surface area contributed by atoms with Gasteiger partial charge in [0.05, 0.1) is 30.3 Å². The van der Waals surface area contributed by atoms with Gasteiger partial charge in [-0.1, -0.05) is 11.6 Å². The van der Waals surface area contributed by atoms with Crippen molar-refractivity contribution in [2.75, 3.05) is 13.7 Å². The molecule has 34 heavy (non-hydrogen) atoms. The molecular weight excluding hydrogens is 482 g/mol. The highest BCUT2D eigenvalue weighted by Crippen LogP contribution is 2.16. The lowest BCUT2D eigenvalue weighted by Crippen LogP contribution is -2.34. The van der Waals surface area contributed by atoms with Crippen molar-refractivity contribution < 1.29 is 27.5 Å². The maximum Gasteiger partial charge on any atom is 0.343 e. The van der Waals surface area contributed by atoms with Gasteiger partial charge in [-0.15, -0.1) is 0 Å². The number of carbonyl (C=O) groups excluding carboxylic acids is 2. The SMILES string of the molecule is COc1ccc(C(=O)Oc2ccc(/C=N\NC(=O)CNS(=O)(=O)c3ccc(Cl)cc3)cc2)cc1. The summed E-state index contributed by atoms with van der Waals surface area (Å²) in [6, 6.07) is 18.5. The molecule has 0 saturated heterocycles. The van der Waals surface area contributed by atoms with Gasteiger partial charge in [0, 0.05) is 5.02 Å². The molecule has 0 aliphatic carbocycles. The molecule has 1 amide bonds. The molecule has 0 aliphatic heterocycles. The van der Waals surface area contributed by atoms with E-state index in [0.717, 1.165) is 0 Å². The van der Waals surface area contributed by atoms with Crippen LogP contribution in [0.25, 0.3) is 0 Å². The quantitative estimate of drug-likeness (QED) is 0.201. The number of nitrogens with zero attached hydrogens (tertiary/aromatic N) is 1. The number of carbonyl (C=O) groups is 2. The lowest BCUT2D eigenvalue weighted by molar-refractivity contribution is -0.119. The third-order valence-electron chi connectivity index (χ3n) is 4.37. The summed E-state index contributed by atoms with van der Waals surface area (Å²) in [7, 11) is -2.32. The summed E-state index contributed by atoms with van der Waals surface area (Å²) in [5.74, 6) is -0.207. The number of sulfonamides is 1. The predicted molar refractivity (Wildman–Crippen MR) is 127 cm³/mol. The second-order valence-electron chi connectivity index (χ2n) is 6.76. The normalized spacial score (nSPS) is 11.2. The lowest BCUT2D eigenvalue weighted by Gasteiger charge is -2.06. The van der Waals surface area contributed by atoms with Crippen LogP contribution >= 0.6 is 11.6 Å². The minimum absolute atomic E-state index is 0.0130. The molecule has 11 heteroatoms. The summed E-state index contributed by atoms with van der Waals surface area (Å²) in [5.41, 5.74) is 3.22. The van der Waals surface area contributed by atoms with Crippen LogP contribution in [-0.2, 0) is 14.8 Å². The van der Waals surface area contributed by atoms with Crippen LogP contribution in [0.5, 0.6) is 11.5 Å². The molecule has 0 aliphatic rings. The van der Waals surface area contributed by atoms with Crippen molar-refractivity contribution in [3.8, 4) is 11.5 Å². The first kappa shape index (κ1) is 24.9. The molecule has 0 bridgehead atoms. The Bertz CT molecular complexity index is 1280. The van der Waals surface area contributed by atoms with Crippen molar-refractivity contribution in [3.63, 3.8) is 0 Å². The molecule has 2 N–H and O–H groups in total. The van der Waals surface area contributed by atoms with Crippen LogP contribution in [0.1, 0.15) is 15.9 Å². The standard InChI is InChI=1S/C23H20ClN3O6S/c1-32-19-10-4-17(5-11-19)23(29)33-20-8-2-16(3-9-20)14-25-27-22(28)15-26-34(30,31)21-12-6-18(24)7-13-21/h2-14,26H,15H2,1H3,(H,27,28)/b25-14-. The number of rotatable bonds is 9. The molecule has 0 heterocycles. The van der Waals surface area contributed by atoms with E-state index in [2.05, 4.69) is 15.2 Å². The Morgan fingerprint density at radius 3 is 2.18 bits per heavy atom. The van der Waals surface area contributed by atoms with Crippen LogP contribution in [0.3, 0.4) is 0 Å². The molecule has 3 aromatic rings. The van der Waals surface area contributed by atoms with E-state index in [1.807, 2.05) is 0 Å². The number of nitrogens with one attached hydrogen (secondary N) is 2. The molecule has 0 aromatic heterocycles. The Morgan fingerprint density at radius 2 is 1.56 bits per heavy atom. The highest BCUT2D eigenvalue weighted by atomic mass is 35.5. The molecule has 0 spiro atoms. The number of ether oxygens (including phenoxy) is 2. The first-order valence-corrected chi connectivity index (χ1v) is 11.7. The number of esters is 1. The zero-order valence-corrected chi connectivity index (χ0v) is 19.5. The largest absolute Gasteiger partial charge is 0.497 e. The van der Waals surface area contributed by atoms with Gasteiger partial charge in [0.15, 0.2) is 0 Å². The molecule has 0 radical (unpaired) electrons.